The molecule has 0 aliphatic heterocycles. The van der Waals surface area contributed by atoms with E-state index in [0.717, 1.165) is 0 Å². The molecule has 3 aromatic carbocycles. The van der Waals surface area contributed by atoms with Crippen LogP contribution in [-0.2, 0) is 12.8 Å². The van der Waals surface area contributed by atoms with Crippen LogP contribution in [0, 0.1) is 36.0 Å². The van der Waals surface area contributed by atoms with Gasteiger partial charge in [0.25, 0.3) is 0 Å². The van der Waals surface area contributed by atoms with Gasteiger partial charge in [-0.2, -0.15) is 4.39 Å². The average molecular weight is 489 g/mol. The van der Waals surface area contributed by atoms with E-state index in [1.165, 1.54) is 18.2 Å². The SMILES string of the molecule is CCOc1ccc(CCc2ccc(C3CCC(c4ccc(C)c(F)c4F)CC3)c(F)c2)c(F)c1F. The molecule has 3 aromatic rings. The fraction of sp³-hybridized carbons (Fsp3) is 0.379. The predicted octanol–water partition coefficient (Wildman–Crippen LogP) is 8.32. The summed E-state index contributed by atoms with van der Waals surface area (Å²) < 4.78 is 76.8. The van der Waals surface area contributed by atoms with E-state index in [-0.39, 0.29) is 47.6 Å². The Balaban J connectivity index is 1.39. The van der Waals surface area contributed by atoms with Crippen LogP contribution in [0.2, 0.25) is 0 Å². The number of benzene rings is 3. The molecule has 1 saturated carbocycles. The van der Waals surface area contributed by atoms with Gasteiger partial charge in [-0.25, -0.2) is 17.6 Å². The van der Waals surface area contributed by atoms with Crippen LogP contribution < -0.4 is 4.74 Å². The summed E-state index contributed by atoms with van der Waals surface area (Å²) >= 11 is 0. The highest BCUT2D eigenvalue weighted by molar-refractivity contribution is 5.34. The van der Waals surface area contributed by atoms with Crippen LogP contribution >= 0.6 is 0 Å². The summed E-state index contributed by atoms with van der Waals surface area (Å²) in [5.41, 5.74) is 2.22. The monoisotopic (exact) mass is 488 g/mol. The molecule has 0 aromatic heterocycles. The minimum Gasteiger partial charge on any atom is -0.491 e. The molecule has 0 radical (unpaired) electrons. The molecule has 186 valence electrons. The molecule has 1 fully saturated rings. The lowest BCUT2D eigenvalue weighted by atomic mass is 9.75. The Morgan fingerprint density at radius 3 is 2.03 bits per heavy atom. The van der Waals surface area contributed by atoms with Gasteiger partial charge >= 0.3 is 0 Å². The van der Waals surface area contributed by atoms with E-state index in [4.69, 9.17) is 4.74 Å². The molecule has 0 spiro atoms. The normalized spacial score (nSPS) is 18.0. The maximum absolute atomic E-state index is 15.0. The van der Waals surface area contributed by atoms with Gasteiger partial charge < -0.3 is 4.74 Å². The number of hydrogen-bond acceptors (Lipinski definition) is 1. The van der Waals surface area contributed by atoms with Crippen LogP contribution in [0.25, 0.3) is 0 Å². The van der Waals surface area contributed by atoms with Crippen molar-refractivity contribution in [3.05, 3.63) is 99.4 Å². The van der Waals surface area contributed by atoms with Gasteiger partial charge in [-0.05, 0) is 104 Å². The van der Waals surface area contributed by atoms with E-state index in [0.29, 0.717) is 48.8 Å². The summed E-state index contributed by atoms with van der Waals surface area (Å²) in [5, 5.41) is 0. The Morgan fingerprint density at radius 1 is 0.714 bits per heavy atom. The molecule has 0 amide bonds. The Labute approximate surface area is 202 Å². The Hall–Kier alpha value is -2.89. The molecular formula is C29H29F5O. The van der Waals surface area contributed by atoms with Crippen LogP contribution in [0.4, 0.5) is 22.0 Å². The maximum atomic E-state index is 15.0. The molecule has 0 saturated heterocycles. The van der Waals surface area contributed by atoms with Crippen LogP contribution in [0.5, 0.6) is 5.75 Å². The maximum Gasteiger partial charge on any atom is 0.200 e. The molecule has 0 N–H and O–H groups in total. The summed E-state index contributed by atoms with van der Waals surface area (Å²) in [6.07, 6.45) is 3.30. The topological polar surface area (TPSA) is 9.23 Å². The van der Waals surface area contributed by atoms with Crippen LogP contribution in [-0.4, -0.2) is 6.61 Å². The zero-order valence-corrected chi connectivity index (χ0v) is 19.9. The van der Waals surface area contributed by atoms with Crippen molar-refractivity contribution in [2.45, 2.75) is 64.2 Å². The number of aryl methyl sites for hydroxylation is 3. The first-order valence-electron chi connectivity index (χ1n) is 12.1. The average Bonchev–Trinajstić information content (AvgIpc) is 2.85. The lowest BCUT2D eigenvalue weighted by Gasteiger charge is -2.29. The summed E-state index contributed by atoms with van der Waals surface area (Å²) in [4.78, 5) is 0. The standard InChI is InChI=1S/C29H29F5O/c1-3-35-25-15-12-21(27(32)29(25)34)7-5-18-6-14-22(24(30)16-18)19-8-10-20(11-9-19)23-13-4-17(2)26(31)28(23)33/h4,6,12-16,19-20H,3,5,7-11H2,1-2H3. The smallest absolute Gasteiger partial charge is 0.200 e. The largest absolute Gasteiger partial charge is 0.491 e. The second-order valence-electron chi connectivity index (χ2n) is 9.29. The molecule has 1 aliphatic carbocycles. The Morgan fingerprint density at radius 2 is 1.37 bits per heavy atom. The van der Waals surface area contributed by atoms with E-state index in [2.05, 4.69) is 0 Å². The van der Waals surface area contributed by atoms with E-state index >= 15 is 0 Å². The first-order valence-corrected chi connectivity index (χ1v) is 12.1. The highest BCUT2D eigenvalue weighted by Gasteiger charge is 2.28. The molecule has 6 heteroatoms. The van der Waals surface area contributed by atoms with Gasteiger partial charge in [0, 0.05) is 0 Å². The third-order valence-corrected chi connectivity index (χ3v) is 7.09. The molecule has 0 heterocycles. The van der Waals surface area contributed by atoms with Gasteiger partial charge in [0.2, 0.25) is 5.82 Å². The molecule has 1 aliphatic rings. The Bertz CT molecular complexity index is 1200. The number of halogens is 5. The van der Waals surface area contributed by atoms with Gasteiger partial charge in [-0.15, -0.1) is 0 Å². The van der Waals surface area contributed by atoms with E-state index in [1.54, 1.807) is 32.0 Å². The lowest BCUT2D eigenvalue weighted by molar-refractivity contribution is 0.313. The summed E-state index contributed by atoms with van der Waals surface area (Å²) in [5.74, 6) is -4.01. The van der Waals surface area contributed by atoms with Crippen molar-refractivity contribution in [2.75, 3.05) is 6.61 Å². The van der Waals surface area contributed by atoms with Crippen molar-refractivity contribution in [2.24, 2.45) is 0 Å². The van der Waals surface area contributed by atoms with Crippen molar-refractivity contribution in [3.8, 4) is 5.75 Å². The summed E-state index contributed by atoms with van der Waals surface area (Å²) in [6.45, 7) is 3.48. The molecule has 35 heavy (non-hydrogen) atoms. The van der Waals surface area contributed by atoms with Crippen LogP contribution in [0.3, 0.4) is 0 Å². The second kappa shape index (κ2) is 10.8. The third-order valence-electron chi connectivity index (χ3n) is 7.09. The molecule has 0 bridgehead atoms. The van der Waals surface area contributed by atoms with Gasteiger partial charge in [-0.1, -0.05) is 30.3 Å². The highest BCUT2D eigenvalue weighted by Crippen LogP contribution is 2.42. The van der Waals surface area contributed by atoms with Gasteiger partial charge in [0.05, 0.1) is 6.61 Å². The van der Waals surface area contributed by atoms with Gasteiger partial charge in [0.15, 0.2) is 23.2 Å². The van der Waals surface area contributed by atoms with Crippen LogP contribution in [0.1, 0.15) is 72.3 Å². The second-order valence-corrected chi connectivity index (χ2v) is 9.29. The van der Waals surface area contributed by atoms with E-state index < -0.39 is 23.3 Å². The fourth-order valence-electron chi connectivity index (χ4n) is 5.06. The zero-order chi connectivity index (χ0) is 25.1. The first-order chi connectivity index (χ1) is 16.8. The number of ether oxygens (including phenoxy) is 1. The van der Waals surface area contributed by atoms with Crippen molar-refractivity contribution >= 4 is 0 Å². The van der Waals surface area contributed by atoms with Crippen LogP contribution in [0.15, 0.2) is 42.5 Å². The fourth-order valence-corrected chi connectivity index (χ4v) is 5.06. The minimum atomic E-state index is -1.00. The summed E-state index contributed by atoms with van der Waals surface area (Å²) in [6, 6.07) is 11.2. The molecular weight excluding hydrogens is 459 g/mol. The highest BCUT2D eigenvalue weighted by atomic mass is 19.2. The van der Waals surface area contributed by atoms with Crippen molar-refractivity contribution in [1.29, 1.82) is 0 Å². The molecule has 4 rings (SSSR count). The summed E-state index contributed by atoms with van der Waals surface area (Å²) in [7, 11) is 0. The molecule has 1 nitrogen and oxygen atoms in total. The predicted molar refractivity (Wildman–Crippen MR) is 126 cm³/mol. The number of hydrogen-bond donors (Lipinski definition) is 0. The van der Waals surface area contributed by atoms with Gasteiger partial charge in [0.1, 0.15) is 5.82 Å². The van der Waals surface area contributed by atoms with Crippen molar-refractivity contribution in [3.63, 3.8) is 0 Å². The van der Waals surface area contributed by atoms with Crippen molar-refractivity contribution < 1.29 is 26.7 Å². The Kier molecular flexibility index (Phi) is 7.78. The molecule has 0 atom stereocenters. The lowest BCUT2D eigenvalue weighted by Crippen LogP contribution is -2.15. The van der Waals surface area contributed by atoms with E-state index in [1.807, 2.05) is 6.07 Å². The zero-order valence-electron chi connectivity index (χ0n) is 19.9. The number of rotatable bonds is 7. The third kappa shape index (κ3) is 5.36. The van der Waals surface area contributed by atoms with E-state index in [9.17, 15) is 22.0 Å². The minimum absolute atomic E-state index is 0.0105. The van der Waals surface area contributed by atoms with Crippen molar-refractivity contribution in [1.82, 2.24) is 0 Å². The quantitative estimate of drug-likeness (QED) is 0.304. The van der Waals surface area contributed by atoms with Gasteiger partial charge in [-0.3, -0.25) is 0 Å². The molecule has 0 unspecified atom stereocenters. The first kappa shape index (κ1) is 25.2.